The molecule has 4 nitrogen and oxygen atoms in total. The number of carbonyl (C=O) groups excluding carboxylic acids is 1. The van der Waals surface area contributed by atoms with Gasteiger partial charge in [-0.25, -0.2) is 9.18 Å². The molecule has 27 heavy (non-hydrogen) atoms. The largest absolute Gasteiger partial charge is 0.334 e. The minimum absolute atomic E-state index is 0.0125. The number of amides is 2. The van der Waals surface area contributed by atoms with Crippen LogP contribution in [0.4, 0.5) is 9.18 Å². The molecule has 0 spiro atoms. The van der Waals surface area contributed by atoms with Crippen LogP contribution >= 0.6 is 0 Å². The summed E-state index contributed by atoms with van der Waals surface area (Å²) in [7, 11) is 0. The van der Waals surface area contributed by atoms with Crippen molar-refractivity contribution in [1.82, 2.24) is 10.6 Å². The van der Waals surface area contributed by atoms with Crippen molar-refractivity contribution in [3.8, 4) is 6.07 Å². The van der Waals surface area contributed by atoms with Gasteiger partial charge in [-0.3, -0.25) is 0 Å². The van der Waals surface area contributed by atoms with Crippen LogP contribution in [0.5, 0.6) is 0 Å². The number of rotatable bonds is 2. The molecule has 0 saturated heterocycles. The van der Waals surface area contributed by atoms with Gasteiger partial charge in [0.15, 0.2) is 0 Å². The van der Waals surface area contributed by atoms with Crippen LogP contribution in [0.2, 0.25) is 0 Å². The highest BCUT2D eigenvalue weighted by Gasteiger charge is 2.56. The van der Waals surface area contributed by atoms with Crippen molar-refractivity contribution in [3.63, 3.8) is 0 Å². The van der Waals surface area contributed by atoms with E-state index in [4.69, 9.17) is 5.26 Å². The SMILES string of the molecule is N#Cc1ccc2c(c1)CCCC2NC(=O)NC1C2Cc3cc(F)ccc3C21. The molecule has 3 aliphatic carbocycles. The Morgan fingerprint density at radius 1 is 1.11 bits per heavy atom. The minimum atomic E-state index is -0.187. The molecule has 3 aliphatic rings. The summed E-state index contributed by atoms with van der Waals surface area (Å²) in [6.45, 7) is 0. The van der Waals surface area contributed by atoms with Gasteiger partial charge in [0.2, 0.25) is 0 Å². The van der Waals surface area contributed by atoms with Gasteiger partial charge in [0.05, 0.1) is 17.7 Å². The number of carbonyl (C=O) groups is 1. The first kappa shape index (κ1) is 16.3. The van der Waals surface area contributed by atoms with E-state index in [-0.39, 0.29) is 23.9 Å². The zero-order chi connectivity index (χ0) is 18.5. The fourth-order valence-electron chi connectivity index (χ4n) is 4.96. The number of nitrogens with one attached hydrogen (secondary N) is 2. The van der Waals surface area contributed by atoms with Crippen molar-refractivity contribution >= 4 is 6.03 Å². The summed E-state index contributed by atoms with van der Waals surface area (Å²) in [5.41, 5.74) is 5.20. The van der Waals surface area contributed by atoms with E-state index in [1.165, 1.54) is 11.6 Å². The number of halogens is 1. The molecule has 0 aromatic heterocycles. The maximum absolute atomic E-state index is 13.3. The van der Waals surface area contributed by atoms with Crippen molar-refractivity contribution < 1.29 is 9.18 Å². The second kappa shape index (κ2) is 6.09. The quantitative estimate of drug-likeness (QED) is 0.856. The van der Waals surface area contributed by atoms with E-state index in [9.17, 15) is 9.18 Å². The lowest BCUT2D eigenvalue weighted by molar-refractivity contribution is 0.234. The number of hydrogen-bond donors (Lipinski definition) is 2. The van der Waals surface area contributed by atoms with E-state index < -0.39 is 0 Å². The van der Waals surface area contributed by atoms with E-state index in [1.807, 2.05) is 24.3 Å². The monoisotopic (exact) mass is 361 g/mol. The van der Waals surface area contributed by atoms with Gasteiger partial charge in [-0.15, -0.1) is 0 Å². The predicted octanol–water partition coefficient (Wildman–Crippen LogP) is 3.71. The smallest absolute Gasteiger partial charge is 0.315 e. The third kappa shape index (κ3) is 2.76. The molecule has 2 aromatic rings. The molecule has 1 saturated carbocycles. The van der Waals surface area contributed by atoms with Gasteiger partial charge in [-0.05, 0) is 78.1 Å². The summed E-state index contributed by atoms with van der Waals surface area (Å²) in [6.07, 6.45) is 3.70. The van der Waals surface area contributed by atoms with E-state index in [0.717, 1.165) is 42.4 Å². The first-order chi connectivity index (χ1) is 13.1. The molecule has 0 aliphatic heterocycles. The average molecular weight is 361 g/mol. The van der Waals surface area contributed by atoms with Crippen LogP contribution in [-0.2, 0) is 12.8 Å². The Labute approximate surface area is 157 Å². The van der Waals surface area contributed by atoms with Gasteiger partial charge < -0.3 is 10.6 Å². The number of aryl methyl sites for hydroxylation is 1. The van der Waals surface area contributed by atoms with Crippen molar-refractivity contribution in [2.75, 3.05) is 0 Å². The number of nitriles is 1. The molecule has 136 valence electrons. The molecule has 4 unspecified atom stereocenters. The van der Waals surface area contributed by atoms with Crippen molar-refractivity contribution in [2.45, 2.75) is 43.7 Å². The van der Waals surface area contributed by atoms with Crippen molar-refractivity contribution in [3.05, 3.63) is 70.0 Å². The molecule has 0 heterocycles. The summed E-state index contributed by atoms with van der Waals surface area (Å²) in [5.74, 6) is 0.528. The minimum Gasteiger partial charge on any atom is -0.334 e. The molecule has 5 heteroatoms. The van der Waals surface area contributed by atoms with Crippen LogP contribution in [0.1, 0.15) is 52.6 Å². The van der Waals surface area contributed by atoms with Crippen LogP contribution in [0, 0.1) is 23.1 Å². The van der Waals surface area contributed by atoms with E-state index in [2.05, 4.69) is 16.7 Å². The first-order valence-electron chi connectivity index (χ1n) is 9.52. The van der Waals surface area contributed by atoms with Crippen LogP contribution in [0.25, 0.3) is 0 Å². The van der Waals surface area contributed by atoms with Crippen LogP contribution < -0.4 is 10.6 Å². The fraction of sp³-hybridized carbons (Fsp3) is 0.364. The van der Waals surface area contributed by atoms with Gasteiger partial charge in [-0.1, -0.05) is 12.1 Å². The third-order valence-corrected chi connectivity index (χ3v) is 6.28. The van der Waals surface area contributed by atoms with Gasteiger partial charge in [0.25, 0.3) is 0 Å². The summed E-state index contributed by atoms with van der Waals surface area (Å²) in [4.78, 5) is 12.6. The summed E-state index contributed by atoms with van der Waals surface area (Å²) >= 11 is 0. The van der Waals surface area contributed by atoms with Crippen molar-refractivity contribution in [2.24, 2.45) is 5.92 Å². The molecule has 2 N–H and O–H groups in total. The highest BCUT2D eigenvalue weighted by atomic mass is 19.1. The third-order valence-electron chi connectivity index (χ3n) is 6.28. The topological polar surface area (TPSA) is 64.9 Å². The Morgan fingerprint density at radius 3 is 2.81 bits per heavy atom. The lowest BCUT2D eigenvalue weighted by atomic mass is 9.87. The van der Waals surface area contributed by atoms with E-state index in [1.54, 1.807) is 6.07 Å². The van der Waals surface area contributed by atoms with E-state index >= 15 is 0 Å². The van der Waals surface area contributed by atoms with Crippen LogP contribution in [0.3, 0.4) is 0 Å². The molecule has 4 atom stereocenters. The predicted molar refractivity (Wildman–Crippen MR) is 98.6 cm³/mol. The van der Waals surface area contributed by atoms with Crippen LogP contribution in [0.15, 0.2) is 36.4 Å². The number of hydrogen-bond acceptors (Lipinski definition) is 2. The fourth-order valence-corrected chi connectivity index (χ4v) is 4.96. The van der Waals surface area contributed by atoms with Gasteiger partial charge >= 0.3 is 6.03 Å². The van der Waals surface area contributed by atoms with Crippen LogP contribution in [-0.4, -0.2) is 12.1 Å². The average Bonchev–Trinajstić information content (AvgIpc) is 3.17. The van der Waals surface area contributed by atoms with Gasteiger partial charge in [0.1, 0.15) is 5.82 Å². The number of fused-ring (bicyclic) bond motifs is 4. The van der Waals surface area contributed by atoms with Crippen molar-refractivity contribution in [1.29, 1.82) is 5.26 Å². The molecule has 2 aromatic carbocycles. The van der Waals surface area contributed by atoms with Gasteiger partial charge in [0, 0.05) is 12.0 Å². The lowest BCUT2D eigenvalue weighted by Crippen LogP contribution is -2.41. The van der Waals surface area contributed by atoms with Gasteiger partial charge in [-0.2, -0.15) is 5.26 Å². The molecule has 5 rings (SSSR count). The summed E-state index contributed by atoms with van der Waals surface area (Å²) < 4.78 is 13.3. The molecule has 0 radical (unpaired) electrons. The lowest BCUT2D eigenvalue weighted by Gasteiger charge is -2.26. The molecule has 0 bridgehead atoms. The Bertz CT molecular complexity index is 980. The highest BCUT2D eigenvalue weighted by molar-refractivity contribution is 5.76. The number of urea groups is 1. The second-order valence-corrected chi connectivity index (χ2v) is 7.85. The standard InChI is InChI=1S/C22H20FN3O/c23-15-5-7-17-14(9-15)10-18-20(17)21(18)26-22(27)25-19-3-1-2-13-8-12(11-24)4-6-16(13)19/h4-9,18-21H,1-3,10H2,(H2,25,26,27). The molecular formula is C22H20FN3O. The number of benzene rings is 2. The molecular weight excluding hydrogens is 341 g/mol. The Hall–Kier alpha value is -2.87. The first-order valence-corrected chi connectivity index (χ1v) is 9.52. The normalized spacial score (nSPS) is 27.0. The number of nitrogens with zero attached hydrogens (tertiary/aromatic N) is 1. The highest BCUT2D eigenvalue weighted by Crippen LogP contribution is 2.56. The molecule has 2 amide bonds. The Balaban J connectivity index is 1.25. The maximum Gasteiger partial charge on any atom is 0.315 e. The Kier molecular flexibility index (Phi) is 3.68. The second-order valence-electron chi connectivity index (χ2n) is 7.85. The summed E-state index contributed by atoms with van der Waals surface area (Å²) in [6, 6.07) is 12.9. The zero-order valence-corrected chi connectivity index (χ0v) is 14.8. The summed E-state index contributed by atoms with van der Waals surface area (Å²) in [5, 5.41) is 15.3. The maximum atomic E-state index is 13.3. The Morgan fingerprint density at radius 2 is 1.96 bits per heavy atom. The van der Waals surface area contributed by atoms with E-state index in [0.29, 0.717) is 17.4 Å². The zero-order valence-electron chi connectivity index (χ0n) is 14.8. The molecule has 1 fully saturated rings.